The second-order valence-electron chi connectivity index (χ2n) is 6.40. The molecule has 1 aliphatic heterocycles. The van der Waals surface area contributed by atoms with Crippen molar-refractivity contribution in [2.45, 2.75) is 45.7 Å². The minimum absolute atomic E-state index is 0.0226. The van der Waals surface area contributed by atoms with E-state index in [-0.39, 0.29) is 5.56 Å². The first kappa shape index (κ1) is 17.1. The molecule has 0 radical (unpaired) electrons. The van der Waals surface area contributed by atoms with Gasteiger partial charge in [-0.05, 0) is 39.3 Å². The summed E-state index contributed by atoms with van der Waals surface area (Å²) in [6.07, 6.45) is 3.68. The quantitative estimate of drug-likeness (QED) is 0.869. The number of likely N-dealkylation sites (tertiary alicyclic amines) is 1. The van der Waals surface area contributed by atoms with Crippen LogP contribution in [0.3, 0.4) is 0 Å². The van der Waals surface area contributed by atoms with Gasteiger partial charge in [0.05, 0.1) is 17.9 Å². The Morgan fingerprint density at radius 1 is 1.25 bits per heavy atom. The van der Waals surface area contributed by atoms with E-state index in [0.717, 1.165) is 36.2 Å². The standard InChI is InChI=1S/C17H25N5OS/c1-13-6-7-16(23)22(20-13)10-9-21-8-4-3-5-15(21)11-18-17-19-14(2)12-24-17/h6-7,12,15H,3-5,8-11H2,1-2H3,(H,18,19). The van der Waals surface area contributed by atoms with Gasteiger partial charge in [-0.1, -0.05) is 6.42 Å². The highest BCUT2D eigenvalue weighted by atomic mass is 32.1. The molecular weight excluding hydrogens is 322 g/mol. The van der Waals surface area contributed by atoms with Gasteiger partial charge in [-0.15, -0.1) is 11.3 Å². The summed E-state index contributed by atoms with van der Waals surface area (Å²) in [6.45, 7) is 7.43. The summed E-state index contributed by atoms with van der Waals surface area (Å²) in [5.74, 6) is 0. The van der Waals surface area contributed by atoms with E-state index in [1.165, 1.54) is 19.3 Å². The van der Waals surface area contributed by atoms with Crippen LogP contribution in [0.25, 0.3) is 0 Å². The molecule has 2 aromatic rings. The molecule has 1 fully saturated rings. The van der Waals surface area contributed by atoms with E-state index in [0.29, 0.717) is 12.6 Å². The zero-order valence-electron chi connectivity index (χ0n) is 14.4. The highest BCUT2D eigenvalue weighted by Crippen LogP contribution is 2.19. The number of thiazole rings is 1. The van der Waals surface area contributed by atoms with Crippen molar-refractivity contribution < 1.29 is 0 Å². The number of nitrogens with zero attached hydrogens (tertiary/aromatic N) is 4. The molecule has 6 nitrogen and oxygen atoms in total. The minimum Gasteiger partial charge on any atom is -0.360 e. The number of aromatic nitrogens is 3. The molecule has 1 N–H and O–H groups in total. The third-order valence-corrected chi connectivity index (χ3v) is 5.37. The number of rotatable bonds is 6. The lowest BCUT2D eigenvalue weighted by Crippen LogP contribution is -2.45. The number of hydrogen-bond acceptors (Lipinski definition) is 6. The summed E-state index contributed by atoms with van der Waals surface area (Å²) in [5.41, 5.74) is 1.92. The van der Waals surface area contributed by atoms with Gasteiger partial charge in [-0.2, -0.15) is 5.10 Å². The largest absolute Gasteiger partial charge is 0.360 e. The van der Waals surface area contributed by atoms with Gasteiger partial charge in [-0.3, -0.25) is 9.69 Å². The maximum atomic E-state index is 11.9. The van der Waals surface area contributed by atoms with Crippen LogP contribution in [0.4, 0.5) is 5.13 Å². The van der Waals surface area contributed by atoms with Crippen LogP contribution < -0.4 is 10.9 Å². The summed E-state index contributed by atoms with van der Waals surface area (Å²) in [5, 5.41) is 10.9. The molecule has 0 bridgehead atoms. The van der Waals surface area contributed by atoms with E-state index in [4.69, 9.17) is 0 Å². The first-order valence-electron chi connectivity index (χ1n) is 8.56. The molecule has 24 heavy (non-hydrogen) atoms. The molecule has 3 heterocycles. The van der Waals surface area contributed by atoms with Gasteiger partial charge in [0, 0.05) is 30.6 Å². The highest BCUT2D eigenvalue weighted by molar-refractivity contribution is 7.13. The Balaban J connectivity index is 1.57. The Kier molecular flexibility index (Phi) is 5.63. The zero-order chi connectivity index (χ0) is 16.9. The maximum Gasteiger partial charge on any atom is 0.266 e. The van der Waals surface area contributed by atoms with Crippen LogP contribution in [-0.4, -0.2) is 45.3 Å². The van der Waals surface area contributed by atoms with Crippen molar-refractivity contribution in [3.63, 3.8) is 0 Å². The smallest absolute Gasteiger partial charge is 0.266 e. The highest BCUT2D eigenvalue weighted by Gasteiger charge is 2.22. The van der Waals surface area contributed by atoms with Gasteiger partial charge in [0.1, 0.15) is 0 Å². The summed E-state index contributed by atoms with van der Waals surface area (Å²) in [6, 6.07) is 3.86. The SMILES string of the molecule is Cc1csc(NCC2CCCCN2CCn2nc(C)ccc2=O)n1. The number of nitrogens with one attached hydrogen (secondary N) is 1. The molecule has 0 aliphatic carbocycles. The van der Waals surface area contributed by atoms with Crippen molar-refractivity contribution in [2.75, 3.05) is 25.0 Å². The number of aryl methyl sites for hydroxylation is 2. The Morgan fingerprint density at radius 2 is 2.12 bits per heavy atom. The third-order valence-electron chi connectivity index (χ3n) is 4.46. The molecule has 1 atom stereocenters. The Bertz CT molecular complexity index is 726. The molecule has 0 spiro atoms. The molecule has 7 heteroatoms. The van der Waals surface area contributed by atoms with Crippen LogP contribution in [0.5, 0.6) is 0 Å². The van der Waals surface area contributed by atoms with Gasteiger partial charge in [0.15, 0.2) is 5.13 Å². The van der Waals surface area contributed by atoms with Crippen LogP contribution in [-0.2, 0) is 6.54 Å². The Hall–Kier alpha value is -1.73. The number of piperidine rings is 1. The molecule has 2 aromatic heterocycles. The molecular formula is C17H25N5OS. The average molecular weight is 347 g/mol. The Labute approximate surface area is 146 Å². The predicted octanol–water partition coefficient (Wildman–Crippen LogP) is 2.28. The fraction of sp³-hybridized carbons (Fsp3) is 0.588. The van der Waals surface area contributed by atoms with E-state index in [2.05, 4.69) is 25.7 Å². The normalized spacial score (nSPS) is 18.7. The molecule has 1 saturated heterocycles. The van der Waals surface area contributed by atoms with Crippen LogP contribution in [0.2, 0.25) is 0 Å². The molecule has 3 rings (SSSR count). The number of anilines is 1. The summed E-state index contributed by atoms with van der Waals surface area (Å²) in [4.78, 5) is 18.8. The van der Waals surface area contributed by atoms with Gasteiger partial charge < -0.3 is 5.32 Å². The lowest BCUT2D eigenvalue weighted by Gasteiger charge is -2.35. The van der Waals surface area contributed by atoms with Crippen molar-refractivity contribution in [3.8, 4) is 0 Å². The first-order chi connectivity index (χ1) is 11.6. The van der Waals surface area contributed by atoms with Gasteiger partial charge in [0.25, 0.3) is 5.56 Å². The monoisotopic (exact) mass is 347 g/mol. The van der Waals surface area contributed by atoms with Crippen LogP contribution >= 0.6 is 11.3 Å². The van der Waals surface area contributed by atoms with Gasteiger partial charge in [0.2, 0.25) is 0 Å². The molecule has 130 valence electrons. The second-order valence-corrected chi connectivity index (χ2v) is 7.25. The zero-order valence-corrected chi connectivity index (χ0v) is 15.2. The fourth-order valence-corrected chi connectivity index (χ4v) is 3.86. The van der Waals surface area contributed by atoms with Crippen LogP contribution in [0.15, 0.2) is 22.3 Å². The summed E-state index contributed by atoms with van der Waals surface area (Å²) in [7, 11) is 0. The molecule has 1 unspecified atom stereocenters. The Morgan fingerprint density at radius 3 is 2.92 bits per heavy atom. The van der Waals surface area contributed by atoms with Crippen LogP contribution in [0.1, 0.15) is 30.7 Å². The van der Waals surface area contributed by atoms with Crippen molar-refractivity contribution >= 4 is 16.5 Å². The minimum atomic E-state index is -0.0226. The predicted molar refractivity (Wildman–Crippen MR) is 97.8 cm³/mol. The topological polar surface area (TPSA) is 63.1 Å². The van der Waals surface area contributed by atoms with E-state index < -0.39 is 0 Å². The number of hydrogen-bond donors (Lipinski definition) is 1. The average Bonchev–Trinajstić information content (AvgIpc) is 3.00. The van der Waals surface area contributed by atoms with Crippen molar-refractivity contribution in [2.24, 2.45) is 0 Å². The lowest BCUT2D eigenvalue weighted by molar-refractivity contribution is 0.148. The first-order valence-corrected chi connectivity index (χ1v) is 9.44. The molecule has 1 aliphatic rings. The van der Waals surface area contributed by atoms with Crippen molar-refractivity contribution in [1.82, 2.24) is 19.7 Å². The maximum absolute atomic E-state index is 11.9. The third kappa shape index (κ3) is 4.42. The summed E-state index contributed by atoms with van der Waals surface area (Å²) >= 11 is 1.66. The lowest BCUT2D eigenvalue weighted by atomic mass is 10.0. The van der Waals surface area contributed by atoms with E-state index >= 15 is 0 Å². The van der Waals surface area contributed by atoms with E-state index in [1.54, 1.807) is 28.2 Å². The van der Waals surface area contributed by atoms with E-state index in [1.807, 2.05) is 13.8 Å². The molecule has 0 amide bonds. The van der Waals surface area contributed by atoms with Crippen LogP contribution in [0, 0.1) is 13.8 Å². The van der Waals surface area contributed by atoms with Gasteiger partial charge in [-0.25, -0.2) is 9.67 Å². The van der Waals surface area contributed by atoms with E-state index in [9.17, 15) is 4.79 Å². The summed E-state index contributed by atoms with van der Waals surface area (Å²) < 4.78 is 1.58. The molecule has 0 saturated carbocycles. The fourth-order valence-electron chi connectivity index (χ4n) is 3.16. The van der Waals surface area contributed by atoms with Crippen molar-refractivity contribution in [3.05, 3.63) is 39.3 Å². The van der Waals surface area contributed by atoms with Crippen molar-refractivity contribution in [1.29, 1.82) is 0 Å². The van der Waals surface area contributed by atoms with Gasteiger partial charge >= 0.3 is 0 Å². The second kappa shape index (κ2) is 7.90. The molecule has 0 aromatic carbocycles.